The van der Waals surface area contributed by atoms with Gasteiger partial charge in [-0.3, -0.25) is 9.59 Å². The first kappa shape index (κ1) is 18.0. The minimum Gasteiger partial charge on any atom is -0.341 e. The number of benzene rings is 1. The van der Waals surface area contributed by atoms with Gasteiger partial charge in [-0.2, -0.15) is 0 Å². The van der Waals surface area contributed by atoms with E-state index in [2.05, 4.69) is 10.3 Å². The quantitative estimate of drug-likeness (QED) is 0.831. The van der Waals surface area contributed by atoms with Gasteiger partial charge in [-0.25, -0.2) is 9.37 Å². The molecule has 1 fully saturated rings. The van der Waals surface area contributed by atoms with Crippen LogP contribution < -0.4 is 5.32 Å². The molecule has 25 heavy (non-hydrogen) atoms. The van der Waals surface area contributed by atoms with Crippen LogP contribution in [0.15, 0.2) is 24.4 Å². The van der Waals surface area contributed by atoms with Crippen molar-refractivity contribution in [3.63, 3.8) is 0 Å². The van der Waals surface area contributed by atoms with Crippen LogP contribution in [0.1, 0.15) is 42.3 Å². The van der Waals surface area contributed by atoms with E-state index in [-0.39, 0.29) is 22.6 Å². The second-order valence-electron chi connectivity index (χ2n) is 6.29. The summed E-state index contributed by atoms with van der Waals surface area (Å²) in [5, 5.41) is 3.62. The molecule has 1 atom stereocenters. The van der Waals surface area contributed by atoms with Crippen molar-refractivity contribution in [3.05, 3.63) is 40.1 Å². The first-order valence-electron chi connectivity index (χ1n) is 8.17. The Labute approximate surface area is 154 Å². The maximum Gasteiger partial charge on any atom is 0.263 e. The lowest BCUT2D eigenvalue weighted by atomic mass is 9.95. The summed E-state index contributed by atoms with van der Waals surface area (Å²) in [6, 6.07) is 3.68. The smallest absolute Gasteiger partial charge is 0.263 e. The maximum absolute atomic E-state index is 13.5. The number of rotatable bonds is 5. The summed E-state index contributed by atoms with van der Waals surface area (Å²) in [6.07, 6.45) is 5.55. The Bertz CT molecular complexity index is 782. The van der Waals surface area contributed by atoms with Crippen LogP contribution in [0.25, 0.3) is 10.6 Å². The molecule has 1 heterocycles. The summed E-state index contributed by atoms with van der Waals surface area (Å²) in [7, 11) is 0. The first-order chi connectivity index (χ1) is 11.9. The van der Waals surface area contributed by atoms with E-state index in [1.165, 1.54) is 25.3 Å². The fourth-order valence-corrected chi connectivity index (χ4v) is 4.27. The molecule has 2 aromatic rings. The van der Waals surface area contributed by atoms with Gasteiger partial charge in [0.25, 0.3) is 5.91 Å². The molecular weight excluding hydrogens is 363 g/mol. The van der Waals surface area contributed by atoms with Crippen molar-refractivity contribution in [1.29, 1.82) is 0 Å². The Balaban J connectivity index is 1.76. The molecule has 1 amide bonds. The predicted octanol–water partition coefficient (Wildman–Crippen LogP) is 4.48. The summed E-state index contributed by atoms with van der Waals surface area (Å²) in [6.45, 7) is 1.51. The lowest BCUT2D eigenvalue weighted by molar-refractivity contribution is -0.120. The van der Waals surface area contributed by atoms with Crippen LogP contribution >= 0.6 is 22.9 Å². The molecule has 0 bridgehead atoms. The summed E-state index contributed by atoms with van der Waals surface area (Å²) in [4.78, 5) is 29.0. The average molecular weight is 381 g/mol. The van der Waals surface area contributed by atoms with Gasteiger partial charge in [0.15, 0.2) is 5.78 Å². The number of ketones is 1. The van der Waals surface area contributed by atoms with E-state index in [0.29, 0.717) is 15.4 Å². The maximum atomic E-state index is 13.5. The standard InChI is InChI=1S/C18H18ClFN2O2S/c1-10(23)16(11-4-2-3-5-11)22-17(24)15-9-21-18(25-15)12-6-13(19)8-14(20)7-12/h6-9,11,16H,2-5H2,1H3,(H,22,24). The molecule has 1 aromatic heterocycles. The molecule has 4 nitrogen and oxygen atoms in total. The van der Waals surface area contributed by atoms with Gasteiger partial charge in [0.1, 0.15) is 15.7 Å². The number of amides is 1. The van der Waals surface area contributed by atoms with Crippen LogP contribution in [0.5, 0.6) is 0 Å². The topological polar surface area (TPSA) is 59.1 Å². The second kappa shape index (κ2) is 7.62. The Morgan fingerprint density at radius 3 is 2.68 bits per heavy atom. The molecule has 1 saturated carbocycles. The first-order valence-corrected chi connectivity index (χ1v) is 9.37. The fourth-order valence-electron chi connectivity index (χ4n) is 3.24. The third-order valence-electron chi connectivity index (χ3n) is 4.43. The van der Waals surface area contributed by atoms with Crippen LogP contribution in [0, 0.1) is 11.7 Å². The predicted molar refractivity (Wildman–Crippen MR) is 96.4 cm³/mol. The van der Waals surface area contributed by atoms with Gasteiger partial charge in [0.2, 0.25) is 0 Å². The van der Waals surface area contributed by atoms with Crippen molar-refractivity contribution < 1.29 is 14.0 Å². The summed E-state index contributed by atoms with van der Waals surface area (Å²) in [5.74, 6) is -0.599. The van der Waals surface area contributed by atoms with Crippen LogP contribution in [0.4, 0.5) is 4.39 Å². The summed E-state index contributed by atoms with van der Waals surface area (Å²) >= 11 is 7.01. The van der Waals surface area contributed by atoms with Crippen molar-refractivity contribution in [2.45, 2.75) is 38.6 Å². The number of aromatic nitrogens is 1. The van der Waals surface area contributed by atoms with Crippen molar-refractivity contribution in [2.75, 3.05) is 0 Å². The van der Waals surface area contributed by atoms with Gasteiger partial charge in [-0.15, -0.1) is 11.3 Å². The zero-order chi connectivity index (χ0) is 18.0. The molecule has 1 unspecified atom stereocenters. The Hall–Kier alpha value is -1.79. The fraction of sp³-hybridized carbons (Fsp3) is 0.389. The normalized spacial score (nSPS) is 16.0. The molecule has 0 spiro atoms. The highest BCUT2D eigenvalue weighted by molar-refractivity contribution is 7.16. The van der Waals surface area contributed by atoms with Crippen molar-refractivity contribution in [3.8, 4) is 10.6 Å². The van der Waals surface area contributed by atoms with E-state index in [9.17, 15) is 14.0 Å². The molecular formula is C18H18ClFN2O2S. The number of Topliss-reactive ketones (excluding diaryl/α,β-unsaturated/α-hetero) is 1. The number of nitrogens with one attached hydrogen (secondary N) is 1. The molecule has 1 N–H and O–H groups in total. The highest BCUT2D eigenvalue weighted by Gasteiger charge is 2.30. The minimum atomic E-state index is -0.457. The van der Waals surface area contributed by atoms with Gasteiger partial charge >= 0.3 is 0 Å². The largest absolute Gasteiger partial charge is 0.341 e. The molecule has 3 rings (SSSR count). The van der Waals surface area contributed by atoms with Crippen molar-refractivity contribution >= 4 is 34.6 Å². The highest BCUT2D eigenvalue weighted by atomic mass is 35.5. The number of hydrogen-bond acceptors (Lipinski definition) is 4. The number of nitrogens with zero attached hydrogens (tertiary/aromatic N) is 1. The molecule has 1 aliphatic rings. The number of hydrogen-bond donors (Lipinski definition) is 1. The van der Waals surface area contributed by atoms with Crippen LogP contribution in [0.2, 0.25) is 5.02 Å². The zero-order valence-electron chi connectivity index (χ0n) is 13.7. The molecule has 7 heteroatoms. The lowest BCUT2D eigenvalue weighted by Crippen LogP contribution is -2.44. The number of carbonyl (C=O) groups is 2. The van der Waals surface area contributed by atoms with Gasteiger partial charge in [0.05, 0.1) is 12.2 Å². The lowest BCUT2D eigenvalue weighted by Gasteiger charge is -2.21. The number of carbonyl (C=O) groups excluding carboxylic acids is 2. The molecule has 1 aromatic carbocycles. The molecule has 0 saturated heterocycles. The molecule has 1 aliphatic carbocycles. The van der Waals surface area contributed by atoms with E-state index in [1.54, 1.807) is 6.07 Å². The van der Waals surface area contributed by atoms with Crippen molar-refractivity contribution in [1.82, 2.24) is 10.3 Å². The van der Waals surface area contributed by atoms with E-state index in [0.717, 1.165) is 37.0 Å². The minimum absolute atomic E-state index is 0.0260. The van der Waals surface area contributed by atoms with E-state index < -0.39 is 11.9 Å². The zero-order valence-corrected chi connectivity index (χ0v) is 15.3. The van der Waals surface area contributed by atoms with E-state index in [4.69, 9.17) is 11.6 Å². The van der Waals surface area contributed by atoms with Gasteiger partial charge < -0.3 is 5.32 Å². The summed E-state index contributed by atoms with van der Waals surface area (Å²) < 4.78 is 13.5. The third kappa shape index (κ3) is 4.25. The second-order valence-corrected chi connectivity index (χ2v) is 7.76. The molecule has 132 valence electrons. The average Bonchev–Trinajstić information content (AvgIpc) is 3.22. The van der Waals surface area contributed by atoms with Crippen LogP contribution in [-0.4, -0.2) is 22.7 Å². The van der Waals surface area contributed by atoms with E-state index >= 15 is 0 Å². The third-order valence-corrected chi connectivity index (χ3v) is 5.70. The summed E-state index contributed by atoms with van der Waals surface area (Å²) in [5.41, 5.74) is 0.521. The van der Waals surface area contributed by atoms with Gasteiger partial charge in [-0.1, -0.05) is 24.4 Å². The number of halogens is 2. The SMILES string of the molecule is CC(=O)C(NC(=O)c1cnc(-c2cc(F)cc(Cl)c2)s1)C1CCCC1. The highest BCUT2D eigenvalue weighted by Crippen LogP contribution is 2.30. The number of thiazole rings is 1. The Morgan fingerprint density at radius 1 is 1.32 bits per heavy atom. The Morgan fingerprint density at radius 2 is 2.04 bits per heavy atom. The van der Waals surface area contributed by atoms with Gasteiger partial charge in [-0.05, 0) is 43.9 Å². The molecule has 0 radical (unpaired) electrons. The monoisotopic (exact) mass is 380 g/mol. The molecule has 0 aliphatic heterocycles. The van der Waals surface area contributed by atoms with E-state index in [1.807, 2.05) is 0 Å². The van der Waals surface area contributed by atoms with Crippen molar-refractivity contribution in [2.24, 2.45) is 5.92 Å². The Kier molecular flexibility index (Phi) is 5.49. The van der Waals surface area contributed by atoms with Gasteiger partial charge in [0, 0.05) is 10.6 Å². The van der Waals surface area contributed by atoms with Crippen LogP contribution in [-0.2, 0) is 4.79 Å². The van der Waals surface area contributed by atoms with Crippen LogP contribution in [0.3, 0.4) is 0 Å².